The molecule has 0 radical (unpaired) electrons. The lowest BCUT2D eigenvalue weighted by Gasteiger charge is -2.34. The number of hydrogen-bond acceptors (Lipinski definition) is 6. The van der Waals surface area contributed by atoms with Gasteiger partial charge in [-0.1, -0.05) is 34.1 Å². The lowest BCUT2D eigenvalue weighted by Crippen LogP contribution is -2.56. The number of benzene rings is 1. The average Bonchev–Trinajstić information content (AvgIpc) is 3.55. The second kappa shape index (κ2) is 10.8. The number of alkyl halides is 2. The lowest BCUT2D eigenvalue weighted by atomic mass is 9.85. The molecule has 2 aromatic rings. The van der Waals surface area contributed by atoms with E-state index in [1.54, 1.807) is 27.7 Å². The molecular weight excluding hydrogens is 539 g/mol. The highest BCUT2D eigenvalue weighted by Gasteiger charge is 2.49. The van der Waals surface area contributed by atoms with Gasteiger partial charge >= 0.3 is 6.09 Å². The second-order valence-corrected chi connectivity index (χ2v) is 12.6. The highest BCUT2D eigenvalue weighted by atomic mass is 19.3. The van der Waals surface area contributed by atoms with Crippen molar-refractivity contribution in [3.8, 4) is 5.88 Å². The fourth-order valence-electron chi connectivity index (χ4n) is 5.84. The summed E-state index contributed by atoms with van der Waals surface area (Å²) in [7, 11) is 0. The third-order valence-electron chi connectivity index (χ3n) is 8.49. The number of nitrogens with one attached hydrogen (secondary N) is 1. The van der Waals surface area contributed by atoms with E-state index in [0.717, 1.165) is 6.07 Å². The third-order valence-corrected chi connectivity index (χ3v) is 8.49. The van der Waals surface area contributed by atoms with Crippen molar-refractivity contribution in [2.24, 2.45) is 17.3 Å². The van der Waals surface area contributed by atoms with Crippen molar-refractivity contribution >= 4 is 29.2 Å². The summed E-state index contributed by atoms with van der Waals surface area (Å²) in [6, 6.07) is 3.08. The monoisotopic (exact) mass is 575 g/mol. The Morgan fingerprint density at radius 1 is 1.12 bits per heavy atom. The van der Waals surface area contributed by atoms with E-state index in [1.165, 1.54) is 23.1 Å². The molecule has 3 heterocycles. The Morgan fingerprint density at radius 3 is 2.59 bits per heavy atom. The molecule has 3 aliphatic rings. The molecule has 1 aromatic heterocycles. The number of fused-ring (bicyclic) bond motifs is 5. The normalized spacial score (nSPS) is 30.7. The number of amides is 2. The maximum Gasteiger partial charge on any atom is 0.408 e. The first-order chi connectivity index (χ1) is 19.3. The van der Waals surface area contributed by atoms with Crippen LogP contribution in [0.2, 0.25) is 0 Å². The summed E-state index contributed by atoms with van der Waals surface area (Å²) in [5.74, 6) is -5.22. The number of aromatic nitrogens is 1. The highest BCUT2D eigenvalue weighted by Crippen LogP contribution is 2.43. The van der Waals surface area contributed by atoms with E-state index in [9.17, 15) is 18.8 Å². The van der Waals surface area contributed by atoms with E-state index < -0.39 is 65.2 Å². The highest BCUT2D eigenvalue weighted by molar-refractivity contribution is 5.89. The van der Waals surface area contributed by atoms with Crippen LogP contribution in [-0.2, 0) is 20.2 Å². The number of nitrogens with zero attached hydrogens (tertiary/aromatic N) is 2. The molecule has 5 rings (SSSR count). The predicted molar refractivity (Wildman–Crippen MR) is 144 cm³/mol. The van der Waals surface area contributed by atoms with Crippen LogP contribution in [0.4, 0.5) is 18.0 Å². The van der Waals surface area contributed by atoms with Gasteiger partial charge in [0.2, 0.25) is 11.8 Å². The summed E-state index contributed by atoms with van der Waals surface area (Å²) < 4.78 is 57.1. The van der Waals surface area contributed by atoms with E-state index >= 15 is 8.78 Å². The van der Waals surface area contributed by atoms with E-state index in [-0.39, 0.29) is 36.4 Å². The molecule has 2 aliphatic heterocycles. The van der Waals surface area contributed by atoms with Crippen LogP contribution in [0, 0.1) is 23.1 Å². The molecule has 6 atom stereocenters. The van der Waals surface area contributed by atoms with Crippen LogP contribution in [0.25, 0.3) is 10.9 Å². The molecule has 1 aromatic carbocycles. The Labute approximate surface area is 236 Å². The van der Waals surface area contributed by atoms with Gasteiger partial charge in [0.25, 0.3) is 5.92 Å². The molecule has 2 bridgehead atoms. The summed E-state index contributed by atoms with van der Waals surface area (Å²) in [5, 5.41) is 3.05. The average molecular weight is 576 g/mol. The van der Waals surface area contributed by atoms with Gasteiger partial charge < -0.3 is 24.5 Å². The summed E-state index contributed by atoms with van der Waals surface area (Å²) in [4.78, 5) is 44.4. The van der Waals surface area contributed by atoms with Crippen molar-refractivity contribution in [3.63, 3.8) is 0 Å². The largest absolute Gasteiger partial charge is 0.472 e. The Hall–Kier alpha value is -3.37. The number of halogens is 3. The zero-order valence-corrected chi connectivity index (χ0v) is 23.7. The fraction of sp³-hybridized carbons (Fsp3) is 0.600. The molecule has 1 N–H and O–H groups in total. The van der Waals surface area contributed by atoms with Crippen LogP contribution in [0.3, 0.4) is 0 Å². The van der Waals surface area contributed by atoms with Gasteiger partial charge in [0, 0.05) is 23.8 Å². The van der Waals surface area contributed by atoms with E-state index in [2.05, 4.69) is 10.3 Å². The summed E-state index contributed by atoms with van der Waals surface area (Å²) in [6.07, 6.45) is 0.273. The van der Waals surface area contributed by atoms with Gasteiger partial charge in [-0.3, -0.25) is 4.79 Å². The standard InChI is InChI=1S/C30H36F3N3O5/c1-16-22(15-37)36-14-24(16)40-26-20(11-17-8-9-19(31)13-21(17)34-26)30(32,33)10-6-5-7-18-12-23(18)41-28(39)35-25(27(36)38)29(2,3)4/h8-9,11,13,15-16,18,22-25H,5-7,10,12,14H2,1-4H3,(H,35,39)/t16-,18+,22+,23+,24-,25+/m0/s1. The van der Waals surface area contributed by atoms with Gasteiger partial charge in [-0.05, 0) is 48.8 Å². The number of ether oxygens (including phenoxy) is 2. The molecule has 222 valence electrons. The Bertz CT molecular complexity index is 1350. The number of rotatable bonds is 1. The second-order valence-electron chi connectivity index (χ2n) is 12.6. The SMILES string of the molecule is C[C@@H]1[C@@H]2CN(C(=O)[C@H](C(C)(C)C)NC(=O)O[C@@H]3C[C@H]3CCCCC(F)(F)c3cc4ccc(F)cc4nc3O2)[C@@H]1C=O. The first-order valence-electron chi connectivity index (χ1n) is 14.2. The number of aldehydes is 1. The van der Waals surface area contributed by atoms with Crippen LogP contribution in [-0.4, -0.2) is 59.0 Å². The number of alkyl carbamates (subject to hydrolysis) is 1. The predicted octanol–water partition coefficient (Wildman–Crippen LogP) is 5.36. The van der Waals surface area contributed by atoms with Gasteiger partial charge in [-0.25, -0.2) is 22.9 Å². The minimum atomic E-state index is -3.30. The van der Waals surface area contributed by atoms with Crippen molar-refractivity contribution in [1.82, 2.24) is 15.2 Å². The summed E-state index contributed by atoms with van der Waals surface area (Å²) in [5.41, 5.74) is -0.985. The minimum Gasteiger partial charge on any atom is -0.472 e. The molecule has 8 nitrogen and oxygen atoms in total. The molecule has 1 saturated heterocycles. The van der Waals surface area contributed by atoms with E-state index in [0.29, 0.717) is 30.9 Å². The smallest absolute Gasteiger partial charge is 0.408 e. The number of hydrogen-bond donors (Lipinski definition) is 1. The molecule has 1 aliphatic carbocycles. The number of pyridine rings is 1. The van der Waals surface area contributed by atoms with Crippen LogP contribution >= 0.6 is 0 Å². The van der Waals surface area contributed by atoms with Gasteiger partial charge in [0.1, 0.15) is 30.4 Å². The summed E-state index contributed by atoms with van der Waals surface area (Å²) >= 11 is 0. The first-order valence-corrected chi connectivity index (χ1v) is 14.2. The maximum absolute atomic E-state index is 15.7. The molecule has 0 spiro atoms. The number of carbonyl (C=O) groups excluding carboxylic acids is 3. The Balaban J connectivity index is 1.54. The lowest BCUT2D eigenvalue weighted by molar-refractivity contribution is -0.139. The van der Waals surface area contributed by atoms with Gasteiger partial charge in [0.05, 0.1) is 23.7 Å². The van der Waals surface area contributed by atoms with Crippen molar-refractivity contribution in [1.29, 1.82) is 0 Å². The van der Waals surface area contributed by atoms with Crippen molar-refractivity contribution in [2.75, 3.05) is 6.54 Å². The van der Waals surface area contributed by atoms with Crippen molar-refractivity contribution < 1.29 is 37.0 Å². The van der Waals surface area contributed by atoms with E-state index in [4.69, 9.17) is 9.47 Å². The molecule has 2 fully saturated rings. The van der Waals surface area contributed by atoms with Crippen LogP contribution in [0.1, 0.15) is 65.4 Å². The molecule has 41 heavy (non-hydrogen) atoms. The van der Waals surface area contributed by atoms with Crippen molar-refractivity contribution in [3.05, 3.63) is 35.6 Å². The van der Waals surface area contributed by atoms with Crippen LogP contribution in [0.5, 0.6) is 5.88 Å². The van der Waals surface area contributed by atoms with Gasteiger partial charge in [-0.2, -0.15) is 0 Å². The van der Waals surface area contributed by atoms with Crippen LogP contribution in [0.15, 0.2) is 24.3 Å². The molecule has 11 heteroatoms. The minimum absolute atomic E-state index is 0.0767. The molecule has 1 saturated carbocycles. The fourth-order valence-corrected chi connectivity index (χ4v) is 5.84. The topological polar surface area (TPSA) is 97.8 Å². The summed E-state index contributed by atoms with van der Waals surface area (Å²) in [6.45, 7) is 6.97. The van der Waals surface area contributed by atoms with Gasteiger partial charge in [-0.15, -0.1) is 0 Å². The van der Waals surface area contributed by atoms with Crippen molar-refractivity contribution in [2.45, 2.75) is 90.0 Å². The van der Waals surface area contributed by atoms with Crippen LogP contribution < -0.4 is 10.1 Å². The van der Waals surface area contributed by atoms with Gasteiger partial charge in [0.15, 0.2) is 0 Å². The van der Waals surface area contributed by atoms with E-state index in [1.807, 2.05) is 0 Å². The number of carbonyl (C=O) groups is 3. The molecule has 2 amide bonds. The maximum atomic E-state index is 15.7. The Morgan fingerprint density at radius 2 is 1.88 bits per heavy atom. The third kappa shape index (κ3) is 5.99. The first kappa shape index (κ1) is 29.1. The quantitative estimate of drug-likeness (QED) is 0.460. The zero-order valence-electron chi connectivity index (χ0n) is 23.7. The molecular formula is C30H36F3N3O5. The molecule has 0 unspecified atom stereocenters. The zero-order chi connectivity index (χ0) is 29.7. The Kier molecular flexibility index (Phi) is 7.67.